The maximum atomic E-state index is 14.0. The lowest BCUT2D eigenvalue weighted by Crippen LogP contribution is -2.15. The Morgan fingerprint density at radius 2 is 2.05 bits per heavy atom. The van der Waals surface area contributed by atoms with Gasteiger partial charge >= 0.3 is 0 Å². The molecule has 0 amide bonds. The molecule has 0 atom stereocenters. The molecule has 0 unspecified atom stereocenters. The second-order valence-electron chi connectivity index (χ2n) is 3.75. The SMILES string of the molecule is CSc1nc(-c2c(F)cc(F)c(Cl)c2F)c(C#N)c(=O)[nH]1. The molecule has 0 aliphatic rings. The Morgan fingerprint density at radius 3 is 2.62 bits per heavy atom. The van der Waals surface area contributed by atoms with Crippen LogP contribution in [0.25, 0.3) is 11.3 Å². The molecule has 4 nitrogen and oxygen atoms in total. The minimum Gasteiger partial charge on any atom is -0.300 e. The molecule has 0 spiro atoms. The van der Waals surface area contributed by atoms with E-state index in [4.69, 9.17) is 16.9 Å². The van der Waals surface area contributed by atoms with Crippen LogP contribution in [0.3, 0.4) is 0 Å². The Bertz CT molecular complexity index is 832. The lowest BCUT2D eigenvalue weighted by atomic mass is 10.1. The number of halogens is 4. The summed E-state index contributed by atoms with van der Waals surface area (Å²) in [6.07, 6.45) is 1.57. The summed E-state index contributed by atoms with van der Waals surface area (Å²) in [6.45, 7) is 0. The second kappa shape index (κ2) is 5.79. The topological polar surface area (TPSA) is 69.5 Å². The summed E-state index contributed by atoms with van der Waals surface area (Å²) in [5, 5.41) is 8.07. The largest absolute Gasteiger partial charge is 0.300 e. The molecule has 2 rings (SSSR count). The highest BCUT2D eigenvalue weighted by Crippen LogP contribution is 2.32. The molecule has 1 aromatic carbocycles. The van der Waals surface area contributed by atoms with Gasteiger partial charge in [-0.25, -0.2) is 18.2 Å². The van der Waals surface area contributed by atoms with E-state index in [-0.39, 0.29) is 5.16 Å². The van der Waals surface area contributed by atoms with Crippen LogP contribution >= 0.6 is 23.4 Å². The number of aromatic nitrogens is 2. The molecular weight excluding hydrogens is 327 g/mol. The number of nitrogens with one attached hydrogen (secondary N) is 1. The average Bonchev–Trinajstić information content (AvgIpc) is 2.44. The van der Waals surface area contributed by atoms with Crippen LogP contribution in [0, 0.1) is 28.8 Å². The van der Waals surface area contributed by atoms with E-state index in [2.05, 4.69) is 9.97 Å². The predicted molar refractivity (Wildman–Crippen MR) is 71.7 cm³/mol. The summed E-state index contributed by atoms with van der Waals surface area (Å²) in [5.74, 6) is -4.02. The number of thioether (sulfide) groups is 1. The quantitative estimate of drug-likeness (QED) is 0.397. The molecule has 0 fully saturated rings. The van der Waals surface area contributed by atoms with E-state index in [1.54, 1.807) is 6.26 Å². The van der Waals surface area contributed by atoms with Crippen molar-refractivity contribution in [2.45, 2.75) is 5.16 Å². The third-order valence-corrected chi connectivity index (χ3v) is 3.48. The fraction of sp³-hybridized carbons (Fsp3) is 0.0833. The molecular formula is C12H5ClF3N3OS. The van der Waals surface area contributed by atoms with Crippen LogP contribution in [0.1, 0.15) is 5.56 Å². The minimum absolute atomic E-state index is 0.0493. The summed E-state index contributed by atoms with van der Waals surface area (Å²) in [7, 11) is 0. The van der Waals surface area contributed by atoms with E-state index in [0.29, 0.717) is 6.07 Å². The van der Waals surface area contributed by atoms with Crippen molar-refractivity contribution in [3.05, 3.63) is 44.5 Å². The molecule has 0 saturated heterocycles. The third kappa shape index (κ3) is 2.62. The summed E-state index contributed by atoms with van der Waals surface area (Å²) < 4.78 is 41.0. The van der Waals surface area contributed by atoms with Crippen LogP contribution in [0.2, 0.25) is 5.02 Å². The first kappa shape index (κ1) is 15.4. The lowest BCUT2D eigenvalue weighted by Gasteiger charge is -2.09. The summed E-state index contributed by atoms with van der Waals surface area (Å²) in [4.78, 5) is 17.8. The third-order valence-electron chi connectivity index (χ3n) is 2.55. The number of benzene rings is 1. The van der Waals surface area contributed by atoms with E-state index < -0.39 is 44.9 Å². The van der Waals surface area contributed by atoms with Gasteiger partial charge in [-0.05, 0) is 6.26 Å². The van der Waals surface area contributed by atoms with E-state index in [1.807, 2.05) is 0 Å². The van der Waals surface area contributed by atoms with Gasteiger partial charge in [0.05, 0.1) is 5.56 Å². The van der Waals surface area contributed by atoms with Crippen LogP contribution in [0.5, 0.6) is 0 Å². The zero-order valence-corrected chi connectivity index (χ0v) is 11.9. The molecule has 1 aromatic heterocycles. The molecule has 1 N–H and O–H groups in total. The van der Waals surface area contributed by atoms with Gasteiger partial charge in [0.25, 0.3) is 5.56 Å². The highest BCUT2D eigenvalue weighted by Gasteiger charge is 2.24. The number of rotatable bonds is 2. The minimum atomic E-state index is -1.42. The van der Waals surface area contributed by atoms with Gasteiger partial charge in [0, 0.05) is 6.07 Å². The number of aromatic amines is 1. The average molecular weight is 332 g/mol. The van der Waals surface area contributed by atoms with Crippen LogP contribution in [-0.2, 0) is 0 Å². The predicted octanol–water partition coefficient (Wildman–Crippen LogP) is 3.10. The molecule has 9 heteroatoms. The summed E-state index contributed by atoms with van der Waals surface area (Å²) in [5.41, 5.74) is -2.79. The number of hydrogen-bond donors (Lipinski definition) is 1. The van der Waals surface area contributed by atoms with Crippen molar-refractivity contribution in [2.24, 2.45) is 0 Å². The molecule has 1 heterocycles. The first-order valence-corrected chi connectivity index (χ1v) is 6.92. The first-order valence-electron chi connectivity index (χ1n) is 5.32. The Morgan fingerprint density at radius 1 is 1.38 bits per heavy atom. The zero-order chi connectivity index (χ0) is 15.7. The van der Waals surface area contributed by atoms with Gasteiger partial charge in [-0.2, -0.15) is 5.26 Å². The molecule has 2 aromatic rings. The van der Waals surface area contributed by atoms with Gasteiger partial charge in [-0.3, -0.25) is 4.79 Å². The zero-order valence-electron chi connectivity index (χ0n) is 10.3. The number of nitriles is 1. The van der Waals surface area contributed by atoms with Crippen molar-refractivity contribution < 1.29 is 13.2 Å². The summed E-state index contributed by atoms with van der Waals surface area (Å²) in [6, 6.07) is 1.88. The van der Waals surface area contributed by atoms with E-state index in [0.717, 1.165) is 11.8 Å². The molecule has 0 radical (unpaired) electrons. The maximum absolute atomic E-state index is 14.0. The Hall–Kier alpha value is -1.98. The standard InChI is InChI=1S/C12H5ClF3N3OS/c1-21-12-18-10(4(3-17)11(20)19-12)7-5(14)2-6(15)8(13)9(7)16/h2H,1H3,(H,18,19,20). The Balaban J connectivity index is 2.92. The smallest absolute Gasteiger partial charge is 0.270 e. The van der Waals surface area contributed by atoms with Gasteiger partial charge in [0.15, 0.2) is 11.0 Å². The van der Waals surface area contributed by atoms with Gasteiger partial charge in [0.2, 0.25) is 0 Å². The monoisotopic (exact) mass is 331 g/mol. The van der Waals surface area contributed by atoms with Crippen molar-refractivity contribution in [3.8, 4) is 17.3 Å². The Kier molecular flexibility index (Phi) is 4.25. The number of nitrogens with zero attached hydrogens (tertiary/aromatic N) is 2. The Labute approximate surface area is 125 Å². The molecule has 21 heavy (non-hydrogen) atoms. The number of hydrogen-bond acceptors (Lipinski definition) is 4. The van der Waals surface area contributed by atoms with Crippen LogP contribution in [-0.4, -0.2) is 16.2 Å². The first-order chi connectivity index (χ1) is 9.90. The molecule has 0 aliphatic carbocycles. The molecule has 0 bridgehead atoms. The van der Waals surface area contributed by atoms with Gasteiger partial charge in [0.1, 0.15) is 34.0 Å². The maximum Gasteiger partial charge on any atom is 0.270 e. The van der Waals surface area contributed by atoms with Crippen LogP contribution in [0.15, 0.2) is 16.0 Å². The van der Waals surface area contributed by atoms with E-state index in [9.17, 15) is 18.0 Å². The summed E-state index contributed by atoms with van der Waals surface area (Å²) >= 11 is 6.40. The van der Waals surface area contributed by atoms with Crippen molar-refractivity contribution in [3.63, 3.8) is 0 Å². The fourth-order valence-electron chi connectivity index (χ4n) is 1.62. The van der Waals surface area contributed by atoms with Gasteiger partial charge in [-0.1, -0.05) is 23.4 Å². The highest BCUT2D eigenvalue weighted by molar-refractivity contribution is 7.98. The molecule has 0 aliphatic heterocycles. The van der Waals surface area contributed by atoms with Crippen molar-refractivity contribution in [2.75, 3.05) is 6.26 Å². The normalized spacial score (nSPS) is 10.5. The van der Waals surface area contributed by atoms with Crippen molar-refractivity contribution in [1.82, 2.24) is 9.97 Å². The second-order valence-corrected chi connectivity index (χ2v) is 4.93. The van der Waals surface area contributed by atoms with Crippen molar-refractivity contribution >= 4 is 23.4 Å². The van der Waals surface area contributed by atoms with Gasteiger partial charge < -0.3 is 4.98 Å². The molecule has 108 valence electrons. The highest BCUT2D eigenvalue weighted by atomic mass is 35.5. The van der Waals surface area contributed by atoms with Crippen LogP contribution in [0.4, 0.5) is 13.2 Å². The fourth-order valence-corrected chi connectivity index (χ4v) is 2.14. The number of H-pyrrole nitrogens is 1. The lowest BCUT2D eigenvalue weighted by molar-refractivity contribution is 0.547. The van der Waals surface area contributed by atoms with E-state index >= 15 is 0 Å². The van der Waals surface area contributed by atoms with Crippen LogP contribution < -0.4 is 5.56 Å². The van der Waals surface area contributed by atoms with E-state index in [1.165, 1.54) is 6.07 Å². The van der Waals surface area contributed by atoms with Crippen molar-refractivity contribution in [1.29, 1.82) is 5.26 Å². The molecule has 0 saturated carbocycles. The van der Waals surface area contributed by atoms with Gasteiger partial charge in [-0.15, -0.1) is 0 Å².